The quantitative estimate of drug-likeness (QED) is 0.697. The number of aryl methyl sites for hydroxylation is 1. The fourth-order valence-electron chi connectivity index (χ4n) is 0.835. The molecule has 0 aliphatic rings. The van der Waals surface area contributed by atoms with E-state index in [0.717, 1.165) is 18.5 Å². The Kier molecular flexibility index (Phi) is 3.30. The Bertz CT molecular complexity index is 208. The molecule has 11 heavy (non-hydrogen) atoms. The zero-order valence-electron chi connectivity index (χ0n) is 6.55. The van der Waals surface area contributed by atoms with Crippen molar-refractivity contribution in [1.82, 2.24) is 10.2 Å². The van der Waals surface area contributed by atoms with Crippen LogP contribution >= 0.6 is 11.6 Å². The summed E-state index contributed by atoms with van der Waals surface area (Å²) >= 11 is 5.57. The summed E-state index contributed by atoms with van der Waals surface area (Å²) < 4.78 is 0. The van der Waals surface area contributed by atoms with Crippen molar-refractivity contribution in [3.8, 4) is 0 Å². The summed E-state index contributed by atoms with van der Waals surface area (Å²) in [6.07, 6.45) is 3.35. The standard InChI is InChI=1S/C8H11ClN2/c1-2-3-4-7-5-6-8(9)11-10-7/h5-6H,2-4H2,1H3. The topological polar surface area (TPSA) is 25.8 Å². The van der Waals surface area contributed by atoms with Gasteiger partial charge in [0, 0.05) is 0 Å². The van der Waals surface area contributed by atoms with Crippen LogP contribution in [0.15, 0.2) is 12.1 Å². The molecule has 0 atom stereocenters. The zero-order valence-corrected chi connectivity index (χ0v) is 7.30. The van der Waals surface area contributed by atoms with Gasteiger partial charge in [-0.1, -0.05) is 24.9 Å². The van der Waals surface area contributed by atoms with Gasteiger partial charge in [-0.3, -0.25) is 0 Å². The number of unbranched alkanes of at least 4 members (excludes halogenated alkanes) is 1. The van der Waals surface area contributed by atoms with Crippen LogP contribution in [0.4, 0.5) is 0 Å². The van der Waals surface area contributed by atoms with Crippen molar-refractivity contribution < 1.29 is 0 Å². The number of hydrogen-bond donors (Lipinski definition) is 0. The number of rotatable bonds is 3. The van der Waals surface area contributed by atoms with E-state index in [4.69, 9.17) is 11.6 Å². The van der Waals surface area contributed by atoms with E-state index in [0.29, 0.717) is 5.15 Å². The molecule has 0 fully saturated rings. The third-order valence-corrected chi connectivity index (χ3v) is 1.68. The summed E-state index contributed by atoms with van der Waals surface area (Å²) in [4.78, 5) is 0. The summed E-state index contributed by atoms with van der Waals surface area (Å²) in [6, 6.07) is 3.70. The van der Waals surface area contributed by atoms with E-state index >= 15 is 0 Å². The van der Waals surface area contributed by atoms with Crippen molar-refractivity contribution in [2.24, 2.45) is 0 Å². The molecule has 1 aromatic rings. The molecular formula is C8H11ClN2. The Labute approximate surface area is 71.6 Å². The molecule has 0 aromatic carbocycles. The van der Waals surface area contributed by atoms with Crippen molar-refractivity contribution in [2.45, 2.75) is 26.2 Å². The second-order valence-corrected chi connectivity index (χ2v) is 2.84. The van der Waals surface area contributed by atoms with Crippen molar-refractivity contribution in [3.63, 3.8) is 0 Å². The highest BCUT2D eigenvalue weighted by Crippen LogP contribution is 2.04. The van der Waals surface area contributed by atoms with Crippen LogP contribution in [0, 0.1) is 0 Å². The molecule has 0 amide bonds. The third kappa shape index (κ3) is 2.85. The van der Waals surface area contributed by atoms with E-state index in [9.17, 15) is 0 Å². The van der Waals surface area contributed by atoms with E-state index in [1.807, 2.05) is 6.07 Å². The minimum absolute atomic E-state index is 0.463. The Morgan fingerprint density at radius 2 is 2.18 bits per heavy atom. The highest BCUT2D eigenvalue weighted by Gasteiger charge is 1.93. The van der Waals surface area contributed by atoms with E-state index in [1.165, 1.54) is 6.42 Å². The van der Waals surface area contributed by atoms with E-state index < -0.39 is 0 Å². The van der Waals surface area contributed by atoms with Crippen LogP contribution in [-0.2, 0) is 6.42 Å². The van der Waals surface area contributed by atoms with Gasteiger partial charge in [0.25, 0.3) is 0 Å². The average Bonchev–Trinajstić information content (AvgIpc) is 2.04. The minimum atomic E-state index is 0.463. The molecule has 0 spiro atoms. The zero-order chi connectivity index (χ0) is 8.10. The number of nitrogens with zero attached hydrogens (tertiary/aromatic N) is 2. The molecule has 1 aromatic heterocycles. The summed E-state index contributed by atoms with van der Waals surface area (Å²) in [5.41, 5.74) is 1.02. The molecule has 1 heterocycles. The first-order chi connectivity index (χ1) is 5.33. The maximum absolute atomic E-state index is 5.57. The molecule has 0 aliphatic heterocycles. The number of hydrogen-bond acceptors (Lipinski definition) is 2. The molecule has 0 radical (unpaired) electrons. The molecule has 0 unspecified atom stereocenters. The summed E-state index contributed by atoms with van der Waals surface area (Å²) in [5.74, 6) is 0. The minimum Gasteiger partial charge on any atom is -0.154 e. The third-order valence-electron chi connectivity index (χ3n) is 1.47. The molecule has 2 nitrogen and oxygen atoms in total. The van der Waals surface area contributed by atoms with Crippen LogP contribution in [-0.4, -0.2) is 10.2 Å². The van der Waals surface area contributed by atoms with Crippen molar-refractivity contribution in [2.75, 3.05) is 0 Å². The van der Waals surface area contributed by atoms with Gasteiger partial charge in [-0.05, 0) is 25.0 Å². The van der Waals surface area contributed by atoms with Crippen LogP contribution in [0.3, 0.4) is 0 Å². The lowest BCUT2D eigenvalue weighted by Crippen LogP contribution is -1.91. The smallest absolute Gasteiger partial charge is 0.151 e. The molecule has 0 N–H and O–H groups in total. The van der Waals surface area contributed by atoms with Gasteiger partial charge in [-0.2, -0.15) is 5.10 Å². The monoisotopic (exact) mass is 170 g/mol. The Balaban J connectivity index is 2.52. The maximum Gasteiger partial charge on any atom is 0.151 e. The van der Waals surface area contributed by atoms with Crippen LogP contribution in [0.2, 0.25) is 5.15 Å². The summed E-state index contributed by atoms with van der Waals surface area (Å²) in [5, 5.41) is 8.14. The first-order valence-electron chi connectivity index (χ1n) is 3.81. The lowest BCUT2D eigenvalue weighted by Gasteiger charge is -1.95. The van der Waals surface area contributed by atoms with Gasteiger partial charge in [0.1, 0.15) is 0 Å². The van der Waals surface area contributed by atoms with Gasteiger partial charge >= 0.3 is 0 Å². The second-order valence-electron chi connectivity index (χ2n) is 2.45. The Hall–Kier alpha value is -0.630. The van der Waals surface area contributed by atoms with Crippen molar-refractivity contribution >= 4 is 11.6 Å². The van der Waals surface area contributed by atoms with Crippen LogP contribution in [0.1, 0.15) is 25.5 Å². The van der Waals surface area contributed by atoms with E-state index in [1.54, 1.807) is 6.07 Å². The van der Waals surface area contributed by atoms with Crippen LogP contribution in [0.5, 0.6) is 0 Å². The first-order valence-corrected chi connectivity index (χ1v) is 4.19. The highest BCUT2D eigenvalue weighted by molar-refractivity contribution is 6.29. The van der Waals surface area contributed by atoms with Crippen molar-refractivity contribution in [3.05, 3.63) is 23.0 Å². The van der Waals surface area contributed by atoms with Crippen LogP contribution in [0.25, 0.3) is 0 Å². The SMILES string of the molecule is CCCCc1ccc(Cl)nn1. The highest BCUT2D eigenvalue weighted by atomic mass is 35.5. The largest absolute Gasteiger partial charge is 0.154 e. The van der Waals surface area contributed by atoms with E-state index in [2.05, 4.69) is 17.1 Å². The predicted octanol–water partition coefficient (Wildman–Crippen LogP) is 2.47. The molecule has 0 saturated heterocycles. The normalized spacial score (nSPS) is 10.0. The van der Waals surface area contributed by atoms with Gasteiger partial charge in [0.05, 0.1) is 5.69 Å². The first kappa shape index (κ1) is 8.47. The lowest BCUT2D eigenvalue weighted by molar-refractivity contribution is 0.759. The van der Waals surface area contributed by atoms with Gasteiger partial charge in [-0.25, -0.2) is 0 Å². The molecule has 0 saturated carbocycles. The summed E-state index contributed by atoms with van der Waals surface area (Å²) in [7, 11) is 0. The number of aromatic nitrogens is 2. The molecule has 1 rings (SSSR count). The predicted molar refractivity (Wildman–Crippen MR) is 45.7 cm³/mol. The maximum atomic E-state index is 5.57. The van der Waals surface area contributed by atoms with Gasteiger partial charge in [-0.15, -0.1) is 5.10 Å². The molecule has 0 bridgehead atoms. The molecule has 0 aliphatic carbocycles. The van der Waals surface area contributed by atoms with Gasteiger partial charge in [0.2, 0.25) is 0 Å². The lowest BCUT2D eigenvalue weighted by atomic mass is 10.2. The van der Waals surface area contributed by atoms with Gasteiger partial charge < -0.3 is 0 Å². The van der Waals surface area contributed by atoms with E-state index in [-0.39, 0.29) is 0 Å². The Morgan fingerprint density at radius 1 is 1.36 bits per heavy atom. The molecule has 3 heteroatoms. The fourth-order valence-corrected chi connectivity index (χ4v) is 0.936. The van der Waals surface area contributed by atoms with Crippen LogP contribution < -0.4 is 0 Å². The average molecular weight is 171 g/mol. The molecular weight excluding hydrogens is 160 g/mol. The number of halogens is 1. The fraction of sp³-hybridized carbons (Fsp3) is 0.500. The molecule has 60 valence electrons. The van der Waals surface area contributed by atoms with Gasteiger partial charge in [0.15, 0.2) is 5.15 Å². The second kappa shape index (κ2) is 4.29. The summed E-state index contributed by atoms with van der Waals surface area (Å²) in [6.45, 7) is 2.16. The van der Waals surface area contributed by atoms with Crippen molar-refractivity contribution in [1.29, 1.82) is 0 Å². The Morgan fingerprint density at radius 3 is 2.73 bits per heavy atom.